The molecule has 1 aromatic heterocycles. The fourth-order valence-electron chi connectivity index (χ4n) is 3.27. The summed E-state index contributed by atoms with van der Waals surface area (Å²) in [6.45, 7) is 0.125. The van der Waals surface area contributed by atoms with E-state index in [0.29, 0.717) is 39.2 Å². The van der Waals surface area contributed by atoms with Crippen LogP contribution in [0.3, 0.4) is 0 Å². The topological polar surface area (TPSA) is 113 Å². The van der Waals surface area contributed by atoms with Gasteiger partial charge in [0.1, 0.15) is 11.5 Å². The molecule has 1 fully saturated rings. The van der Waals surface area contributed by atoms with Crippen molar-refractivity contribution in [1.29, 1.82) is 5.41 Å². The Balaban J connectivity index is 1.41. The maximum Gasteiger partial charge on any atom is 0.335 e. The Morgan fingerprint density at radius 1 is 1.10 bits per heavy atom. The van der Waals surface area contributed by atoms with Gasteiger partial charge in [-0.3, -0.25) is 15.1 Å². The van der Waals surface area contributed by atoms with Crippen LogP contribution in [-0.4, -0.2) is 28.9 Å². The number of nitrogens with zero attached hydrogens (tertiary/aromatic N) is 1. The fourth-order valence-corrected chi connectivity index (χ4v) is 4.11. The van der Waals surface area contributed by atoms with Crippen LogP contribution in [0.2, 0.25) is 0 Å². The molecule has 8 nitrogen and oxygen atoms in total. The van der Waals surface area contributed by atoms with Crippen molar-refractivity contribution in [2.75, 3.05) is 11.7 Å². The number of anilines is 1. The summed E-state index contributed by atoms with van der Waals surface area (Å²) >= 11 is 1.03. The van der Waals surface area contributed by atoms with E-state index in [9.17, 15) is 9.59 Å². The third-order valence-corrected chi connectivity index (χ3v) is 5.62. The summed E-state index contributed by atoms with van der Waals surface area (Å²) in [5.74, 6) is 0.658. The Morgan fingerprint density at radius 2 is 1.94 bits per heavy atom. The third-order valence-electron chi connectivity index (χ3n) is 4.73. The van der Waals surface area contributed by atoms with Crippen molar-refractivity contribution >= 4 is 40.6 Å². The number of hydrogen-bond donors (Lipinski definition) is 2. The summed E-state index contributed by atoms with van der Waals surface area (Å²) in [7, 11) is 0. The lowest BCUT2D eigenvalue weighted by Crippen LogP contribution is -2.28. The number of thioether (sulfide) groups is 1. The quantitative estimate of drug-likeness (QED) is 0.584. The van der Waals surface area contributed by atoms with Crippen LogP contribution in [0, 0.1) is 5.41 Å². The molecule has 5 rings (SSSR count). The number of amidine groups is 1. The highest BCUT2D eigenvalue weighted by Gasteiger charge is 2.34. The molecule has 2 N–H and O–H groups in total. The van der Waals surface area contributed by atoms with Crippen molar-refractivity contribution in [3.8, 4) is 22.8 Å². The Kier molecular flexibility index (Phi) is 4.52. The second-order valence-corrected chi connectivity index (χ2v) is 7.71. The van der Waals surface area contributed by atoms with Gasteiger partial charge >= 0.3 is 5.97 Å². The zero-order valence-electron chi connectivity index (χ0n) is 15.8. The molecule has 9 heteroatoms. The predicted octanol–water partition coefficient (Wildman–Crippen LogP) is 4.43. The second-order valence-electron chi connectivity index (χ2n) is 6.68. The van der Waals surface area contributed by atoms with Gasteiger partial charge in [-0.1, -0.05) is 12.1 Å². The largest absolute Gasteiger partial charge is 0.478 e. The zero-order chi connectivity index (χ0) is 21.5. The van der Waals surface area contributed by atoms with Crippen LogP contribution in [0.25, 0.3) is 17.4 Å². The number of aromatic carboxylic acids is 1. The van der Waals surface area contributed by atoms with Crippen LogP contribution in [0.1, 0.15) is 16.1 Å². The third kappa shape index (κ3) is 3.44. The number of hydrogen-bond acceptors (Lipinski definition) is 7. The second kappa shape index (κ2) is 7.37. The first-order chi connectivity index (χ1) is 15.0. The molecular weight excluding hydrogens is 420 g/mol. The average Bonchev–Trinajstić information content (AvgIpc) is 3.48. The molecule has 2 aliphatic heterocycles. The van der Waals surface area contributed by atoms with E-state index in [1.165, 1.54) is 17.0 Å². The van der Waals surface area contributed by atoms with Gasteiger partial charge in [0, 0.05) is 17.7 Å². The zero-order valence-corrected chi connectivity index (χ0v) is 16.6. The lowest BCUT2D eigenvalue weighted by Gasteiger charge is -2.14. The van der Waals surface area contributed by atoms with Crippen LogP contribution >= 0.6 is 11.8 Å². The van der Waals surface area contributed by atoms with E-state index < -0.39 is 5.97 Å². The van der Waals surface area contributed by atoms with Crippen molar-refractivity contribution in [2.45, 2.75) is 0 Å². The van der Waals surface area contributed by atoms with E-state index in [1.807, 2.05) is 0 Å². The van der Waals surface area contributed by atoms with E-state index in [-0.39, 0.29) is 23.4 Å². The van der Waals surface area contributed by atoms with Crippen LogP contribution in [0.15, 0.2) is 63.9 Å². The molecule has 31 heavy (non-hydrogen) atoms. The first-order valence-corrected chi connectivity index (χ1v) is 9.97. The van der Waals surface area contributed by atoms with Crippen LogP contribution in [0.5, 0.6) is 11.5 Å². The molecule has 0 aliphatic carbocycles. The van der Waals surface area contributed by atoms with E-state index in [4.69, 9.17) is 24.4 Å². The van der Waals surface area contributed by atoms with E-state index in [0.717, 1.165) is 11.8 Å². The Hall–Kier alpha value is -3.98. The van der Waals surface area contributed by atoms with Gasteiger partial charge in [-0.15, -0.1) is 0 Å². The minimum atomic E-state index is -1.02. The number of carbonyl (C=O) groups excluding carboxylic acids is 1. The van der Waals surface area contributed by atoms with Crippen molar-refractivity contribution in [2.24, 2.45) is 0 Å². The molecule has 0 atom stereocenters. The van der Waals surface area contributed by atoms with Crippen LogP contribution < -0.4 is 14.4 Å². The summed E-state index contributed by atoms with van der Waals surface area (Å²) in [4.78, 5) is 25.7. The highest BCUT2D eigenvalue weighted by Crippen LogP contribution is 2.40. The number of carboxylic acid groups (broad SMARTS) is 1. The van der Waals surface area contributed by atoms with Gasteiger partial charge in [0.05, 0.1) is 16.2 Å². The Bertz CT molecular complexity index is 1280. The number of amides is 1. The van der Waals surface area contributed by atoms with E-state index >= 15 is 0 Å². The van der Waals surface area contributed by atoms with Gasteiger partial charge < -0.3 is 19.0 Å². The van der Waals surface area contributed by atoms with E-state index in [2.05, 4.69) is 0 Å². The molecule has 0 bridgehead atoms. The number of carbonyl (C=O) groups is 2. The number of fused-ring (bicyclic) bond motifs is 1. The van der Waals surface area contributed by atoms with Crippen LogP contribution in [-0.2, 0) is 4.79 Å². The minimum absolute atomic E-state index is 0.0658. The number of rotatable bonds is 4. The average molecular weight is 434 g/mol. The smallest absolute Gasteiger partial charge is 0.335 e. The highest BCUT2D eigenvalue weighted by molar-refractivity contribution is 8.19. The summed E-state index contributed by atoms with van der Waals surface area (Å²) in [6, 6.07) is 14.9. The van der Waals surface area contributed by atoms with Crippen LogP contribution in [0.4, 0.5) is 5.69 Å². The molecular formula is C22H14N2O6S. The predicted molar refractivity (Wildman–Crippen MR) is 114 cm³/mol. The molecule has 2 aromatic carbocycles. The summed E-state index contributed by atoms with van der Waals surface area (Å²) in [6.07, 6.45) is 1.57. The number of benzene rings is 2. The SMILES string of the molecule is N=C1SC(=Cc2ccc(-c3cccc(C(=O)O)c3)o2)C(=O)N1c1ccc2c(c1)OCO2. The van der Waals surface area contributed by atoms with Gasteiger partial charge in [0.25, 0.3) is 5.91 Å². The van der Waals surface area contributed by atoms with Gasteiger partial charge in [-0.05, 0) is 48.2 Å². The van der Waals surface area contributed by atoms with Crippen molar-refractivity contribution < 1.29 is 28.6 Å². The molecule has 154 valence electrons. The standard InChI is InChI=1S/C22H14N2O6S/c23-22-24(14-4-6-17-18(9-14)29-11-28-17)20(25)19(31-22)10-15-5-7-16(30-15)12-2-1-3-13(8-12)21(26)27/h1-10,23H,11H2,(H,26,27). The molecule has 0 unspecified atom stereocenters. The first kappa shape index (κ1) is 19.0. The van der Waals surface area contributed by atoms with Gasteiger partial charge in [0.15, 0.2) is 16.7 Å². The summed E-state index contributed by atoms with van der Waals surface area (Å²) < 4.78 is 16.4. The molecule has 3 heterocycles. The first-order valence-electron chi connectivity index (χ1n) is 9.15. The van der Waals surface area contributed by atoms with Crippen molar-refractivity contribution in [3.63, 3.8) is 0 Å². The molecule has 3 aromatic rings. The molecule has 1 saturated heterocycles. The normalized spacial score (nSPS) is 16.4. The molecule has 0 spiro atoms. The van der Waals surface area contributed by atoms with Gasteiger partial charge in [0.2, 0.25) is 6.79 Å². The molecule has 0 radical (unpaired) electrons. The van der Waals surface area contributed by atoms with Gasteiger partial charge in [-0.25, -0.2) is 4.79 Å². The van der Waals surface area contributed by atoms with Crippen molar-refractivity contribution in [1.82, 2.24) is 0 Å². The molecule has 2 aliphatic rings. The summed E-state index contributed by atoms with van der Waals surface area (Å²) in [5.41, 5.74) is 1.29. The lowest BCUT2D eigenvalue weighted by molar-refractivity contribution is -0.113. The number of carboxylic acids is 1. The van der Waals surface area contributed by atoms with Gasteiger partial charge in [-0.2, -0.15) is 0 Å². The molecule has 1 amide bonds. The Labute approximate surface area is 180 Å². The maximum atomic E-state index is 12.9. The summed E-state index contributed by atoms with van der Waals surface area (Å²) in [5, 5.41) is 17.5. The maximum absolute atomic E-state index is 12.9. The number of furan rings is 1. The molecule has 0 saturated carbocycles. The fraction of sp³-hybridized carbons (Fsp3) is 0.0455. The minimum Gasteiger partial charge on any atom is -0.478 e. The van der Waals surface area contributed by atoms with Crippen molar-refractivity contribution in [3.05, 3.63) is 70.8 Å². The van der Waals surface area contributed by atoms with E-state index in [1.54, 1.807) is 48.5 Å². The monoisotopic (exact) mass is 434 g/mol. The number of nitrogens with one attached hydrogen (secondary N) is 1. The number of ether oxygens (including phenoxy) is 2. The lowest BCUT2D eigenvalue weighted by atomic mass is 10.1. The highest BCUT2D eigenvalue weighted by atomic mass is 32.2. The Morgan fingerprint density at radius 3 is 2.77 bits per heavy atom.